The van der Waals surface area contributed by atoms with E-state index < -0.39 is 11.9 Å². The number of ether oxygens (including phenoxy) is 3. The van der Waals surface area contributed by atoms with Crippen molar-refractivity contribution >= 4 is 17.4 Å². The first-order valence-corrected chi connectivity index (χ1v) is 12.2. The average Bonchev–Trinajstić information content (AvgIpc) is 3.56. The molecule has 1 aliphatic carbocycles. The summed E-state index contributed by atoms with van der Waals surface area (Å²) in [4.78, 5) is 18.3. The number of aliphatic hydroxyl groups excluding tert-OH is 1. The molecule has 2 aliphatic heterocycles. The van der Waals surface area contributed by atoms with Gasteiger partial charge in [-0.25, -0.2) is 9.37 Å². The van der Waals surface area contributed by atoms with E-state index >= 15 is 0 Å². The van der Waals surface area contributed by atoms with Crippen LogP contribution >= 0.6 is 0 Å². The zero-order valence-electron chi connectivity index (χ0n) is 19.2. The SMILES string of the molecule is O=CNC1CCC(c2ccc(-c3nc4cc(OC5CO[C@@H]6C(O)CO[C@H]56)[nH]c4cc3F)cc2)CC1. The summed E-state index contributed by atoms with van der Waals surface area (Å²) < 4.78 is 32.2. The summed E-state index contributed by atoms with van der Waals surface area (Å²) >= 11 is 0. The zero-order valence-corrected chi connectivity index (χ0v) is 19.2. The van der Waals surface area contributed by atoms with Gasteiger partial charge in [0, 0.05) is 23.7 Å². The summed E-state index contributed by atoms with van der Waals surface area (Å²) in [5.74, 6) is 0.492. The molecule has 3 aromatic rings. The standard InChI is InChI=1S/C26H28FN3O5/c27-18-9-19-20(10-23(29-19)35-22-12-34-25-21(32)11-33-26(22)25)30-24(18)16-3-1-14(2-4-16)15-5-7-17(8-6-15)28-13-31/h1-4,9-10,13,15,17,21-22,25-26,29,32H,5-8,11-12H2,(H,28,31)/t15?,17?,21?,22?,25-,26-/m1/s1. The van der Waals surface area contributed by atoms with Crippen molar-refractivity contribution in [2.75, 3.05) is 13.2 Å². The van der Waals surface area contributed by atoms with Crippen molar-refractivity contribution in [2.45, 2.75) is 62.1 Å². The van der Waals surface area contributed by atoms with Crippen molar-refractivity contribution in [3.8, 4) is 17.1 Å². The summed E-state index contributed by atoms with van der Waals surface area (Å²) in [6, 6.07) is 11.4. The first kappa shape index (κ1) is 22.5. The largest absolute Gasteiger partial charge is 0.470 e. The normalized spacial score (nSPS) is 30.3. The average molecular weight is 482 g/mol. The molecule has 8 nitrogen and oxygen atoms in total. The third-order valence-corrected chi connectivity index (χ3v) is 7.48. The van der Waals surface area contributed by atoms with E-state index in [0.29, 0.717) is 40.7 Å². The number of halogens is 1. The molecule has 4 atom stereocenters. The molecule has 2 saturated heterocycles. The first-order valence-electron chi connectivity index (χ1n) is 12.2. The number of rotatable bonds is 6. The highest BCUT2D eigenvalue weighted by atomic mass is 19.1. The van der Waals surface area contributed by atoms with Gasteiger partial charge in [-0.05, 0) is 37.2 Å². The van der Waals surface area contributed by atoms with Crippen LogP contribution in [0.2, 0.25) is 0 Å². The van der Waals surface area contributed by atoms with Gasteiger partial charge in [-0.3, -0.25) is 4.79 Å². The molecule has 2 unspecified atom stereocenters. The lowest BCUT2D eigenvalue weighted by molar-refractivity contribution is -0.110. The number of aromatic nitrogens is 2. The van der Waals surface area contributed by atoms with Crippen molar-refractivity contribution in [1.82, 2.24) is 15.3 Å². The van der Waals surface area contributed by atoms with E-state index in [0.717, 1.165) is 32.1 Å². The second-order valence-corrected chi connectivity index (χ2v) is 9.66. The Morgan fingerprint density at radius 3 is 2.63 bits per heavy atom. The molecule has 3 N–H and O–H groups in total. The number of hydrogen-bond donors (Lipinski definition) is 3. The summed E-state index contributed by atoms with van der Waals surface area (Å²) in [5.41, 5.74) is 3.38. The van der Waals surface area contributed by atoms with E-state index in [-0.39, 0.29) is 31.0 Å². The van der Waals surface area contributed by atoms with Crippen LogP contribution in [0.4, 0.5) is 4.39 Å². The van der Waals surface area contributed by atoms with Crippen LogP contribution in [-0.4, -0.2) is 65.2 Å². The summed E-state index contributed by atoms with van der Waals surface area (Å²) in [7, 11) is 0. The van der Waals surface area contributed by atoms with Crippen molar-refractivity contribution in [1.29, 1.82) is 0 Å². The van der Waals surface area contributed by atoms with Gasteiger partial charge in [-0.15, -0.1) is 0 Å². The van der Waals surface area contributed by atoms with Gasteiger partial charge < -0.3 is 29.6 Å². The molecule has 0 bridgehead atoms. The van der Waals surface area contributed by atoms with Crippen molar-refractivity contribution in [2.24, 2.45) is 0 Å². The number of hydrogen-bond acceptors (Lipinski definition) is 6. The van der Waals surface area contributed by atoms with Crippen LogP contribution in [0.5, 0.6) is 5.88 Å². The molecule has 0 radical (unpaired) electrons. The smallest absolute Gasteiger partial charge is 0.207 e. The Labute approximate surface area is 201 Å². The molecule has 1 amide bonds. The van der Waals surface area contributed by atoms with E-state index in [1.165, 1.54) is 11.6 Å². The van der Waals surface area contributed by atoms with Gasteiger partial charge >= 0.3 is 0 Å². The zero-order chi connectivity index (χ0) is 23.9. The number of nitrogens with one attached hydrogen (secondary N) is 2. The number of carbonyl (C=O) groups is 1. The van der Waals surface area contributed by atoms with E-state index in [1.807, 2.05) is 12.1 Å². The second-order valence-electron chi connectivity index (χ2n) is 9.66. The lowest BCUT2D eigenvalue weighted by Crippen LogP contribution is -2.34. The van der Waals surface area contributed by atoms with Crippen LogP contribution in [0, 0.1) is 5.82 Å². The fourth-order valence-corrected chi connectivity index (χ4v) is 5.58. The molecule has 3 fully saturated rings. The molecule has 1 saturated carbocycles. The lowest BCUT2D eigenvalue weighted by Gasteiger charge is -2.28. The van der Waals surface area contributed by atoms with Crippen LogP contribution in [0.3, 0.4) is 0 Å². The predicted octanol–water partition coefficient (Wildman–Crippen LogP) is 3.05. The maximum Gasteiger partial charge on any atom is 0.207 e. The van der Waals surface area contributed by atoms with Crippen LogP contribution in [0.1, 0.15) is 37.2 Å². The number of aliphatic hydroxyl groups is 1. The summed E-state index contributed by atoms with van der Waals surface area (Å²) in [6.07, 6.45) is 3.06. The predicted molar refractivity (Wildman–Crippen MR) is 126 cm³/mol. The maximum atomic E-state index is 15.0. The van der Waals surface area contributed by atoms with E-state index in [2.05, 4.69) is 27.4 Å². The highest BCUT2D eigenvalue weighted by molar-refractivity contribution is 5.80. The third kappa shape index (κ3) is 4.28. The Balaban J connectivity index is 1.17. The van der Waals surface area contributed by atoms with Crippen molar-refractivity contribution in [3.05, 3.63) is 47.8 Å². The first-order chi connectivity index (χ1) is 17.1. The Bertz CT molecular complexity index is 1210. The summed E-state index contributed by atoms with van der Waals surface area (Å²) in [6.45, 7) is 0.547. The highest BCUT2D eigenvalue weighted by Gasteiger charge is 2.48. The molecule has 35 heavy (non-hydrogen) atoms. The molecular formula is C26H28FN3O5. The number of aromatic amines is 1. The van der Waals surface area contributed by atoms with Gasteiger partial charge in [0.1, 0.15) is 24.0 Å². The second kappa shape index (κ2) is 9.22. The molecule has 184 valence electrons. The Kier molecular flexibility index (Phi) is 5.91. The Morgan fingerprint density at radius 1 is 1.09 bits per heavy atom. The lowest BCUT2D eigenvalue weighted by atomic mass is 9.81. The van der Waals surface area contributed by atoms with Gasteiger partial charge in [0.05, 0.1) is 24.2 Å². The minimum atomic E-state index is -0.643. The molecular weight excluding hydrogens is 453 g/mol. The van der Waals surface area contributed by atoms with Gasteiger partial charge in [0.2, 0.25) is 6.41 Å². The number of pyridine rings is 1. The van der Waals surface area contributed by atoms with E-state index in [1.54, 1.807) is 6.07 Å². The Hall–Kier alpha value is -3.01. The fourth-order valence-electron chi connectivity index (χ4n) is 5.58. The van der Waals surface area contributed by atoms with Crippen molar-refractivity contribution < 1.29 is 28.5 Å². The molecule has 9 heteroatoms. The number of nitrogens with zero attached hydrogens (tertiary/aromatic N) is 1. The third-order valence-electron chi connectivity index (χ3n) is 7.48. The minimum Gasteiger partial charge on any atom is -0.470 e. The van der Waals surface area contributed by atoms with E-state index in [9.17, 15) is 14.3 Å². The maximum absolute atomic E-state index is 15.0. The van der Waals surface area contributed by atoms with Gasteiger partial charge in [0.15, 0.2) is 17.8 Å². The molecule has 3 aliphatic rings. The van der Waals surface area contributed by atoms with Crippen LogP contribution in [-0.2, 0) is 14.3 Å². The van der Waals surface area contributed by atoms with Gasteiger partial charge in [-0.2, -0.15) is 0 Å². The van der Waals surface area contributed by atoms with Crippen LogP contribution in [0.15, 0.2) is 36.4 Å². The van der Waals surface area contributed by atoms with Gasteiger partial charge in [-0.1, -0.05) is 24.3 Å². The topological polar surface area (TPSA) is 106 Å². The number of H-pyrrole nitrogens is 1. The number of amides is 1. The number of fused-ring (bicyclic) bond motifs is 2. The van der Waals surface area contributed by atoms with Crippen molar-refractivity contribution in [3.63, 3.8) is 0 Å². The van der Waals surface area contributed by atoms with E-state index in [4.69, 9.17) is 14.2 Å². The highest BCUT2D eigenvalue weighted by Crippen LogP contribution is 2.35. The molecule has 0 spiro atoms. The minimum absolute atomic E-state index is 0.232. The van der Waals surface area contributed by atoms with Crippen LogP contribution in [0.25, 0.3) is 22.3 Å². The fraction of sp³-hybridized carbons (Fsp3) is 0.462. The van der Waals surface area contributed by atoms with Crippen LogP contribution < -0.4 is 10.1 Å². The Morgan fingerprint density at radius 2 is 1.86 bits per heavy atom. The monoisotopic (exact) mass is 481 g/mol. The molecule has 6 rings (SSSR count). The quantitative estimate of drug-likeness (QED) is 0.468. The van der Waals surface area contributed by atoms with Gasteiger partial charge in [0.25, 0.3) is 0 Å². The number of carbonyl (C=O) groups excluding carboxylic acids is 1. The molecule has 4 heterocycles. The summed E-state index contributed by atoms with van der Waals surface area (Å²) in [5, 5.41) is 12.8. The number of benzene rings is 1. The molecule has 2 aromatic heterocycles. The molecule has 1 aromatic carbocycles.